The molecule has 2 aromatic rings. The third kappa shape index (κ3) is 3.54. The van der Waals surface area contributed by atoms with Gasteiger partial charge in [0.05, 0.1) is 0 Å². The fourth-order valence-electron chi connectivity index (χ4n) is 3.63. The number of fused-ring (bicyclic) bond motifs is 3. The molecule has 1 fully saturated rings. The maximum absolute atomic E-state index is 12.2. The number of benzene rings is 2. The maximum Gasteiger partial charge on any atom is 0.407 e. The van der Waals surface area contributed by atoms with Gasteiger partial charge in [0.2, 0.25) is 0 Å². The van der Waals surface area contributed by atoms with Crippen molar-refractivity contribution in [2.45, 2.75) is 44.2 Å². The highest BCUT2D eigenvalue weighted by Crippen LogP contribution is 2.44. The van der Waals surface area contributed by atoms with Crippen molar-refractivity contribution >= 4 is 12.1 Å². The lowest BCUT2D eigenvalue weighted by Crippen LogP contribution is -2.42. The number of hydrogen-bond acceptors (Lipinski definition) is 4. The average Bonchev–Trinajstić information content (AvgIpc) is 2.97. The summed E-state index contributed by atoms with van der Waals surface area (Å²) in [7, 11) is 0. The van der Waals surface area contributed by atoms with Crippen molar-refractivity contribution in [3.8, 4) is 11.1 Å². The van der Waals surface area contributed by atoms with E-state index >= 15 is 0 Å². The molecule has 0 bridgehead atoms. The van der Waals surface area contributed by atoms with Crippen LogP contribution >= 0.6 is 0 Å². The zero-order valence-corrected chi connectivity index (χ0v) is 15.3. The van der Waals surface area contributed by atoms with Gasteiger partial charge in [-0.15, -0.1) is 0 Å². The second-order valence-electron chi connectivity index (χ2n) is 7.18. The molecule has 140 valence electrons. The molecule has 0 aromatic heterocycles. The molecule has 2 aromatic carbocycles. The molecule has 0 unspecified atom stereocenters. The first-order valence-corrected chi connectivity index (χ1v) is 9.45. The second kappa shape index (κ2) is 7.43. The molecular formula is C22H23NO4. The second-order valence-corrected chi connectivity index (χ2v) is 7.18. The van der Waals surface area contributed by atoms with E-state index in [1.54, 1.807) is 6.92 Å². The topological polar surface area (TPSA) is 64.6 Å². The van der Waals surface area contributed by atoms with Crippen molar-refractivity contribution in [1.29, 1.82) is 0 Å². The van der Waals surface area contributed by atoms with Gasteiger partial charge in [-0.05, 0) is 48.4 Å². The van der Waals surface area contributed by atoms with Gasteiger partial charge in [-0.3, -0.25) is 0 Å². The Labute approximate surface area is 158 Å². The third-order valence-electron chi connectivity index (χ3n) is 5.37. The monoisotopic (exact) mass is 365 g/mol. The summed E-state index contributed by atoms with van der Waals surface area (Å²) >= 11 is 0. The first kappa shape index (κ1) is 17.6. The van der Waals surface area contributed by atoms with Gasteiger partial charge >= 0.3 is 12.1 Å². The number of carbonyl (C=O) groups excluding carboxylic acids is 2. The van der Waals surface area contributed by atoms with Crippen molar-refractivity contribution in [3.05, 3.63) is 59.7 Å². The molecular weight excluding hydrogens is 342 g/mol. The van der Waals surface area contributed by atoms with E-state index in [2.05, 4.69) is 29.6 Å². The summed E-state index contributed by atoms with van der Waals surface area (Å²) < 4.78 is 10.8. The van der Waals surface area contributed by atoms with E-state index in [9.17, 15) is 9.59 Å². The largest absolute Gasteiger partial charge is 0.461 e. The van der Waals surface area contributed by atoms with Gasteiger partial charge in [-0.25, -0.2) is 9.59 Å². The zero-order chi connectivity index (χ0) is 18.8. The molecule has 27 heavy (non-hydrogen) atoms. The number of alkyl carbamates (subject to hydrolysis) is 1. The zero-order valence-electron chi connectivity index (χ0n) is 15.3. The van der Waals surface area contributed by atoms with Gasteiger partial charge in [-0.1, -0.05) is 48.5 Å². The lowest BCUT2D eigenvalue weighted by atomic mass is 9.96. The molecule has 1 N–H and O–H groups in total. The Morgan fingerprint density at radius 2 is 1.63 bits per heavy atom. The van der Waals surface area contributed by atoms with Gasteiger partial charge in [0, 0.05) is 5.92 Å². The Morgan fingerprint density at radius 3 is 2.19 bits per heavy atom. The molecule has 1 atom stereocenters. The first-order valence-electron chi connectivity index (χ1n) is 9.45. The summed E-state index contributed by atoms with van der Waals surface area (Å²) in [6.45, 7) is 1.84. The van der Waals surface area contributed by atoms with Crippen LogP contribution in [0, 0.1) is 0 Å². The van der Waals surface area contributed by atoms with E-state index in [0.717, 1.165) is 30.4 Å². The van der Waals surface area contributed by atoms with Crippen molar-refractivity contribution < 1.29 is 19.1 Å². The van der Waals surface area contributed by atoms with Crippen LogP contribution in [0.1, 0.15) is 43.2 Å². The van der Waals surface area contributed by atoms with Gasteiger partial charge in [0.25, 0.3) is 0 Å². The maximum atomic E-state index is 12.2. The number of carbonyl (C=O) groups is 2. The first-order chi connectivity index (χ1) is 13.1. The predicted molar refractivity (Wildman–Crippen MR) is 101 cm³/mol. The lowest BCUT2D eigenvalue weighted by Gasteiger charge is -2.26. The average molecular weight is 365 g/mol. The predicted octanol–water partition coefficient (Wildman–Crippen LogP) is 4.01. The van der Waals surface area contributed by atoms with E-state index < -0.39 is 18.1 Å². The standard InChI is InChI=1S/C22H23NO4/c1-14(21(24)27-15-7-6-8-15)23-22(25)26-13-20-18-11-4-2-9-16(18)17-10-3-5-12-19(17)20/h2-5,9-12,14-15,20H,6-8,13H2,1H3,(H,23,25)/t14-/m0/s1. The minimum Gasteiger partial charge on any atom is -0.461 e. The smallest absolute Gasteiger partial charge is 0.407 e. The van der Waals surface area contributed by atoms with Crippen LogP contribution in [0.15, 0.2) is 48.5 Å². The number of amides is 1. The number of hydrogen-bond donors (Lipinski definition) is 1. The van der Waals surface area contributed by atoms with Gasteiger partial charge in [-0.2, -0.15) is 0 Å². The molecule has 0 spiro atoms. The van der Waals surface area contributed by atoms with E-state index in [1.807, 2.05) is 24.3 Å². The summed E-state index contributed by atoms with van der Waals surface area (Å²) in [5.74, 6) is -0.409. The molecule has 5 heteroatoms. The van der Waals surface area contributed by atoms with Crippen molar-refractivity contribution in [2.75, 3.05) is 6.61 Å². The highest BCUT2D eigenvalue weighted by molar-refractivity contribution is 5.81. The Balaban J connectivity index is 1.37. The van der Waals surface area contributed by atoms with Gasteiger partial charge < -0.3 is 14.8 Å². The van der Waals surface area contributed by atoms with Crippen LogP contribution in [0.4, 0.5) is 4.79 Å². The molecule has 0 heterocycles. The Kier molecular flexibility index (Phi) is 4.84. The summed E-state index contributed by atoms with van der Waals surface area (Å²) in [4.78, 5) is 24.1. The third-order valence-corrected chi connectivity index (χ3v) is 5.37. The van der Waals surface area contributed by atoms with E-state index in [4.69, 9.17) is 9.47 Å². The SMILES string of the molecule is C[C@H](NC(=O)OCC1c2ccccc2-c2ccccc21)C(=O)OC1CCC1. The summed E-state index contributed by atoms with van der Waals surface area (Å²) in [5.41, 5.74) is 4.67. The van der Waals surface area contributed by atoms with E-state index in [-0.39, 0.29) is 18.6 Å². The summed E-state index contributed by atoms with van der Waals surface area (Å²) in [5, 5.41) is 2.57. The van der Waals surface area contributed by atoms with Crippen molar-refractivity contribution in [1.82, 2.24) is 5.32 Å². The molecule has 4 rings (SSSR count). The van der Waals surface area contributed by atoms with E-state index in [0.29, 0.717) is 0 Å². The number of ether oxygens (including phenoxy) is 2. The molecule has 0 radical (unpaired) electrons. The minimum atomic E-state index is -0.721. The van der Waals surface area contributed by atoms with Crippen LogP contribution in [-0.2, 0) is 14.3 Å². The fourth-order valence-corrected chi connectivity index (χ4v) is 3.63. The van der Waals surface area contributed by atoms with Gasteiger partial charge in [0.15, 0.2) is 0 Å². The van der Waals surface area contributed by atoms with Crippen LogP contribution in [0.5, 0.6) is 0 Å². The van der Waals surface area contributed by atoms with Crippen LogP contribution in [0.2, 0.25) is 0 Å². The molecule has 2 aliphatic carbocycles. The number of esters is 1. The number of rotatable bonds is 5. The molecule has 0 aliphatic heterocycles. The van der Waals surface area contributed by atoms with Crippen LogP contribution in [-0.4, -0.2) is 30.8 Å². The Bertz CT molecular complexity index is 813. The van der Waals surface area contributed by atoms with Crippen LogP contribution in [0.3, 0.4) is 0 Å². The molecule has 1 amide bonds. The molecule has 1 saturated carbocycles. The van der Waals surface area contributed by atoms with Gasteiger partial charge in [0.1, 0.15) is 18.8 Å². The fraction of sp³-hybridized carbons (Fsp3) is 0.364. The Hall–Kier alpha value is -2.82. The normalized spacial score (nSPS) is 16.6. The highest BCUT2D eigenvalue weighted by atomic mass is 16.6. The van der Waals surface area contributed by atoms with Crippen LogP contribution < -0.4 is 5.32 Å². The summed E-state index contributed by atoms with van der Waals surface area (Å²) in [6.07, 6.45) is 2.30. The Morgan fingerprint density at radius 1 is 1.04 bits per heavy atom. The molecule has 5 nitrogen and oxygen atoms in total. The van der Waals surface area contributed by atoms with E-state index in [1.165, 1.54) is 11.1 Å². The van der Waals surface area contributed by atoms with Crippen LogP contribution in [0.25, 0.3) is 11.1 Å². The minimum absolute atomic E-state index is 0.000356. The molecule has 2 aliphatic rings. The highest BCUT2D eigenvalue weighted by Gasteiger charge is 2.30. The number of nitrogens with one attached hydrogen (secondary N) is 1. The summed E-state index contributed by atoms with van der Waals surface area (Å²) in [6, 6.07) is 15.6. The van der Waals surface area contributed by atoms with Crippen molar-refractivity contribution in [2.24, 2.45) is 0 Å². The lowest BCUT2D eigenvalue weighted by molar-refractivity contribution is -0.154. The molecule has 0 saturated heterocycles. The van der Waals surface area contributed by atoms with Crippen molar-refractivity contribution in [3.63, 3.8) is 0 Å². The quantitative estimate of drug-likeness (QED) is 0.813.